The standard InChI is InChI=1S/C14H28N2O3/c1-11(2)12(4-9-17)16-13(18)14(10-19-3)5-7-15-8-6-14/h11-12,15,17H,4-10H2,1-3H3,(H,16,18). The molecule has 0 aromatic rings. The van der Waals surface area contributed by atoms with E-state index in [1.807, 2.05) is 0 Å². The number of aliphatic hydroxyl groups excluding tert-OH is 1. The van der Waals surface area contributed by atoms with E-state index in [2.05, 4.69) is 24.5 Å². The quantitative estimate of drug-likeness (QED) is 0.632. The minimum atomic E-state index is -0.414. The highest BCUT2D eigenvalue weighted by atomic mass is 16.5. The molecule has 1 fully saturated rings. The summed E-state index contributed by atoms with van der Waals surface area (Å²) in [5.41, 5.74) is -0.414. The van der Waals surface area contributed by atoms with Gasteiger partial charge in [0.25, 0.3) is 0 Å². The van der Waals surface area contributed by atoms with Crippen LogP contribution >= 0.6 is 0 Å². The molecular formula is C14H28N2O3. The first-order valence-electron chi connectivity index (χ1n) is 7.17. The Morgan fingerprint density at radius 1 is 1.42 bits per heavy atom. The number of carbonyl (C=O) groups is 1. The van der Waals surface area contributed by atoms with Gasteiger partial charge in [-0.15, -0.1) is 0 Å². The Morgan fingerprint density at radius 3 is 2.53 bits per heavy atom. The molecule has 112 valence electrons. The number of hydrogen-bond acceptors (Lipinski definition) is 4. The number of rotatable bonds is 7. The number of carbonyl (C=O) groups excluding carboxylic acids is 1. The molecule has 1 amide bonds. The maximum absolute atomic E-state index is 12.6. The van der Waals surface area contributed by atoms with Crippen molar-refractivity contribution in [1.29, 1.82) is 0 Å². The lowest BCUT2D eigenvalue weighted by atomic mass is 9.78. The summed E-state index contributed by atoms with van der Waals surface area (Å²) < 4.78 is 5.27. The van der Waals surface area contributed by atoms with E-state index in [1.165, 1.54) is 0 Å². The van der Waals surface area contributed by atoms with Gasteiger partial charge in [-0.05, 0) is 38.3 Å². The average molecular weight is 272 g/mol. The molecule has 0 saturated carbocycles. The third-order valence-electron chi connectivity index (χ3n) is 4.02. The maximum Gasteiger partial charge on any atom is 0.228 e. The second-order valence-corrected chi connectivity index (χ2v) is 5.80. The summed E-state index contributed by atoms with van der Waals surface area (Å²) in [6, 6.07) is 0.0288. The fourth-order valence-electron chi connectivity index (χ4n) is 2.65. The van der Waals surface area contributed by atoms with Crippen molar-refractivity contribution in [3.8, 4) is 0 Å². The molecule has 0 bridgehead atoms. The molecule has 1 rings (SSSR count). The van der Waals surface area contributed by atoms with Crippen LogP contribution in [0.1, 0.15) is 33.1 Å². The molecule has 3 N–H and O–H groups in total. The summed E-state index contributed by atoms with van der Waals surface area (Å²) in [6.45, 7) is 6.39. The fraction of sp³-hybridized carbons (Fsp3) is 0.929. The predicted molar refractivity (Wildman–Crippen MR) is 74.9 cm³/mol. The number of aliphatic hydroxyl groups is 1. The molecule has 0 aromatic carbocycles. The van der Waals surface area contributed by atoms with Gasteiger partial charge in [0.2, 0.25) is 5.91 Å². The molecule has 1 heterocycles. The zero-order valence-corrected chi connectivity index (χ0v) is 12.4. The van der Waals surface area contributed by atoms with Gasteiger partial charge in [0.15, 0.2) is 0 Å². The lowest BCUT2D eigenvalue weighted by Gasteiger charge is -2.37. The van der Waals surface area contributed by atoms with E-state index in [0.717, 1.165) is 25.9 Å². The van der Waals surface area contributed by atoms with E-state index in [1.54, 1.807) is 7.11 Å². The van der Waals surface area contributed by atoms with Gasteiger partial charge in [0.1, 0.15) is 0 Å². The van der Waals surface area contributed by atoms with Crippen molar-refractivity contribution >= 4 is 5.91 Å². The second kappa shape index (κ2) is 7.82. The van der Waals surface area contributed by atoms with Crippen molar-refractivity contribution in [1.82, 2.24) is 10.6 Å². The molecule has 0 radical (unpaired) electrons. The van der Waals surface area contributed by atoms with Crippen LogP contribution in [0.4, 0.5) is 0 Å². The van der Waals surface area contributed by atoms with E-state index < -0.39 is 5.41 Å². The summed E-state index contributed by atoms with van der Waals surface area (Å²) in [5.74, 6) is 0.389. The Morgan fingerprint density at radius 2 is 2.05 bits per heavy atom. The van der Waals surface area contributed by atoms with Crippen LogP contribution in [-0.4, -0.2) is 50.5 Å². The van der Waals surface area contributed by atoms with Crippen LogP contribution in [0, 0.1) is 11.3 Å². The first kappa shape index (κ1) is 16.4. The molecule has 1 unspecified atom stereocenters. The van der Waals surface area contributed by atoms with Gasteiger partial charge < -0.3 is 20.5 Å². The number of nitrogens with one attached hydrogen (secondary N) is 2. The van der Waals surface area contributed by atoms with Crippen LogP contribution in [0.25, 0.3) is 0 Å². The largest absolute Gasteiger partial charge is 0.396 e. The van der Waals surface area contributed by atoms with Gasteiger partial charge in [-0.25, -0.2) is 0 Å². The van der Waals surface area contributed by atoms with Gasteiger partial charge in [0, 0.05) is 19.8 Å². The van der Waals surface area contributed by atoms with Gasteiger partial charge in [-0.2, -0.15) is 0 Å². The van der Waals surface area contributed by atoms with Gasteiger partial charge >= 0.3 is 0 Å². The van der Waals surface area contributed by atoms with E-state index >= 15 is 0 Å². The molecular weight excluding hydrogens is 244 g/mol. The fourth-order valence-corrected chi connectivity index (χ4v) is 2.65. The van der Waals surface area contributed by atoms with Crippen LogP contribution in [-0.2, 0) is 9.53 Å². The Hall–Kier alpha value is -0.650. The van der Waals surface area contributed by atoms with Crippen LogP contribution in [0.15, 0.2) is 0 Å². The summed E-state index contributed by atoms with van der Waals surface area (Å²) in [7, 11) is 1.64. The highest BCUT2D eigenvalue weighted by molar-refractivity contribution is 5.83. The molecule has 5 heteroatoms. The molecule has 1 aliphatic heterocycles. The van der Waals surface area contributed by atoms with Crippen LogP contribution in [0.2, 0.25) is 0 Å². The maximum atomic E-state index is 12.6. The normalized spacial score (nSPS) is 20.3. The van der Waals surface area contributed by atoms with Crippen molar-refractivity contribution in [2.75, 3.05) is 33.4 Å². The number of ether oxygens (including phenoxy) is 1. The molecule has 1 aliphatic rings. The highest BCUT2D eigenvalue weighted by Crippen LogP contribution is 2.30. The number of hydrogen-bond donors (Lipinski definition) is 3. The zero-order valence-electron chi connectivity index (χ0n) is 12.4. The summed E-state index contributed by atoms with van der Waals surface area (Å²) >= 11 is 0. The van der Waals surface area contributed by atoms with Crippen molar-refractivity contribution in [2.45, 2.75) is 39.2 Å². The summed E-state index contributed by atoms with van der Waals surface area (Å²) in [5, 5.41) is 15.5. The van der Waals surface area contributed by atoms with Crippen molar-refractivity contribution in [3.63, 3.8) is 0 Å². The van der Waals surface area contributed by atoms with Gasteiger partial charge in [-0.3, -0.25) is 4.79 Å². The first-order chi connectivity index (χ1) is 9.05. The molecule has 0 aliphatic carbocycles. The van der Waals surface area contributed by atoms with Crippen LogP contribution in [0.5, 0.6) is 0 Å². The number of methoxy groups -OCH3 is 1. The van der Waals surface area contributed by atoms with Crippen LogP contribution < -0.4 is 10.6 Å². The Bertz CT molecular complexity index is 270. The van der Waals surface area contributed by atoms with Crippen LogP contribution in [0.3, 0.4) is 0 Å². The molecule has 19 heavy (non-hydrogen) atoms. The lowest BCUT2D eigenvalue weighted by molar-refractivity contribution is -0.137. The van der Waals surface area contributed by atoms with Crippen molar-refractivity contribution in [3.05, 3.63) is 0 Å². The Balaban J connectivity index is 2.70. The van der Waals surface area contributed by atoms with Crippen molar-refractivity contribution in [2.24, 2.45) is 11.3 Å². The van der Waals surface area contributed by atoms with Crippen molar-refractivity contribution < 1.29 is 14.6 Å². The van der Waals surface area contributed by atoms with Gasteiger partial charge in [0.05, 0.1) is 12.0 Å². The smallest absolute Gasteiger partial charge is 0.228 e. The van der Waals surface area contributed by atoms with E-state index in [9.17, 15) is 4.79 Å². The summed E-state index contributed by atoms with van der Waals surface area (Å²) in [4.78, 5) is 12.6. The summed E-state index contributed by atoms with van der Waals surface area (Å²) in [6.07, 6.45) is 2.21. The third kappa shape index (κ3) is 4.44. The van der Waals surface area contributed by atoms with E-state index in [-0.39, 0.29) is 18.6 Å². The molecule has 1 atom stereocenters. The van der Waals surface area contributed by atoms with E-state index in [4.69, 9.17) is 9.84 Å². The predicted octanol–water partition coefficient (Wildman–Crippen LogP) is 0.526. The van der Waals surface area contributed by atoms with E-state index in [0.29, 0.717) is 18.9 Å². The van der Waals surface area contributed by atoms with Gasteiger partial charge in [-0.1, -0.05) is 13.8 Å². The number of piperidine rings is 1. The minimum Gasteiger partial charge on any atom is -0.396 e. The monoisotopic (exact) mass is 272 g/mol. The molecule has 0 spiro atoms. The Labute approximate surface area is 116 Å². The minimum absolute atomic E-state index is 0.0288. The number of amides is 1. The third-order valence-corrected chi connectivity index (χ3v) is 4.02. The zero-order chi connectivity index (χ0) is 14.3. The molecule has 5 nitrogen and oxygen atoms in total. The SMILES string of the molecule is COCC1(C(=O)NC(CCO)C(C)C)CCNCC1. The first-order valence-corrected chi connectivity index (χ1v) is 7.17. The lowest BCUT2D eigenvalue weighted by Crippen LogP contribution is -2.53. The molecule has 1 saturated heterocycles. The molecule has 0 aromatic heterocycles. The average Bonchev–Trinajstić information content (AvgIpc) is 2.39. The second-order valence-electron chi connectivity index (χ2n) is 5.80. The topological polar surface area (TPSA) is 70.6 Å². The highest BCUT2D eigenvalue weighted by Gasteiger charge is 2.40. The Kier molecular flexibility index (Phi) is 6.75.